The number of aromatic nitrogens is 2. The van der Waals surface area contributed by atoms with E-state index in [9.17, 15) is 4.79 Å². The van der Waals surface area contributed by atoms with Crippen LogP contribution in [0.5, 0.6) is 0 Å². The van der Waals surface area contributed by atoms with Crippen molar-refractivity contribution >= 4 is 23.4 Å². The number of carbonyl (C=O) groups excluding carboxylic acids is 1. The van der Waals surface area contributed by atoms with E-state index >= 15 is 0 Å². The number of thioether (sulfide) groups is 1. The van der Waals surface area contributed by atoms with E-state index in [-0.39, 0.29) is 11.2 Å². The van der Waals surface area contributed by atoms with Gasteiger partial charge >= 0.3 is 0 Å². The predicted molar refractivity (Wildman–Crippen MR) is 86.5 cm³/mol. The first-order valence-electron chi connectivity index (χ1n) is 6.92. The van der Waals surface area contributed by atoms with Crippen molar-refractivity contribution in [2.24, 2.45) is 0 Å². The number of nitrogens with zero attached hydrogens (tertiary/aromatic N) is 2. The van der Waals surface area contributed by atoms with Crippen molar-refractivity contribution in [3.05, 3.63) is 47.8 Å². The first-order chi connectivity index (χ1) is 10.1. The molecule has 0 aliphatic carbocycles. The van der Waals surface area contributed by atoms with Gasteiger partial charge in [0.1, 0.15) is 0 Å². The highest BCUT2D eigenvalue weighted by Gasteiger charge is 2.19. The lowest BCUT2D eigenvalue weighted by atomic mass is 10.1. The molecule has 4 nitrogen and oxygen atoms in total. The van der Waals surface area contributed by atoms with Gasteiger partial charge in [-0.05, 0) is 43.5 Å². The van der Waals surface area contributed by atoms with Gasteiger partial charge in [-0.1, -0.05) is 30.8 Å². The molecule has 1 N–H and O–H groups in total. The maximum atomic E-state index is 12.4. The van der Waals surface area contributed by atoms with E-state index in [1.807, 2.05) is 39.0 Å². The first-order valence-corrected chi connectivity index (χ1v) is 7.80. The summed E-state index contributed by atoms with van der Waals surface area (Å²) in [5.74, 6) is -0.0105. The second-order valence-corrected chi connectivity index (χ2v) is 6.02. The molecule has 1 aromatic carbocycles. The van der Waals surface area contributed by atoms with Gasteiger partial charge in [-0.3, -0.25) is 4.79 Å². The number of rotatable bonds is 5. The zero-order chi connectivity index (χ0) is 15.2. The molecule has 0 aliphatic heterocycles. The highest BCUT2D eigenvalue weighted by Crippen LogP contribution is 2.24. The van der Waals surface area contributed by atoms with Crippen molar-refractivity contribution < 1.29 is 4.79 Å². The number of hydrogen-bond acceptors (Lipinski definition) is 4. The summed E-state index contributed by atoms with van der Waals surface area (Å²) in [6.07, 6.45) is 4.09. The van der Waals surface area contributed by atoms with Gasteiger partial charge in [-0.25, -0.2) is 9.97 Å². The van der Waals surface area contributed by atoms with Crippen LogP contribution in [0.25, 0.3) is 0 Å². The highest BCUT2D eigenvalue weighted by atomic mass is 32.2. The summed E-state index contributed by atoms with van der Waals surface area (Å²) in [5, 5.41) is 3.43. The molecule has 1 atom stereocenters. The van der Waals surface area contributed by atoms with Gasteiger partial charge in [0.25, 0.3) is 0 Å². The average Bonchev–Trinajstić information content (AvgIpc) is 2.49. The summed E-state index contributed by atoms with van der Waals surface area (Å²) >= 11 is 1.39. The largest absolute Gasteiger partial charge is 0.325 e. The zero-order valence-electron chi connectivity index (χ0n) is 12.5. The van der Waals surface area contributed by atoms with E-state index in [1.54, 1.807) is 18.5 Å². The standard InChI is InChI=1S/C16H19N3OS/c1-4-14(21-16-17-8-5-9-18-16)15(20)19-13-10-11(2)6-7-12(13)3/h5-10,14H,4H2,1-3H3,(H,19,20). The molecule has 0 saturated carbocycles. The number of aryl methyl sites for hydroxylation is 2. The van der Waals surface area contributed by atoms with Crippen molar-refractivity contribution in [2.45, 2.75) is 37.6 Å². The van der Waals surface area contributed by atoms with Crippen LogP contribution in [0.1, 0.15) is 24.5 Å². The van der Waals surface area contributed by atoms with E-state index in [1.165, 1.54) is 11.8 Å². The Morgan fingerprint density at radius 1 is 1.29 bits per heavy atom. The summed E-state index contributed by atoms with van der Waals surface area (Å²) < 4.78 is 0. The van der Waals surface area contributed by atoms with Crippen LogP contribution < -0.4 is 5.32 Å². The molecule has 5 heteroatoms. The Labute approximate surface area is 129 Å². The van der Waals surface area contributed by atoms with Crippen LogP contribution in [-0.2, 0) is 4.79 Å². The molecule has 0 aliphatic rings. The Morgan fingerprint density at radius 3 is 2.67 bits per heavy atom. The number of anilines is 1. The lowest BCUT2D eigenvalue weighted by Gasteiger charge is -2.15. The quantitative estimate of drug-likeness (QED) is 0.677. The second-order valence-electron chi connectivity index (χ2n) is 4.85. The monoisotopic (exact) mass is 301 g/mol. The molecule has 0 spiro atoms. The van der Waals surface area contributed by atoms with E-state index in [0.717, 1.165) is 23.2 Å². The molecule has 2 rings (SSSR count). The number of carbonyl (C=O) groups is 1. The van der Waals surface area contributed by atoms with Crippen molar-refractivity contribution in [1.29, 1.82) is 0 Å². The molecule has 0 saturated heterocycles. The summed E-state index contributed by atoms with van der Waals surface area (Å²) in [6, 6.07) is 7.80. The van der Waals surface area contributed by atoms with Gasteiger partial charge in [-0.2, -0.15) is 0 Å². The van der Waals surface area contributed by atoms with Gasteiger partial charge in [-0.15, -0.1) is 0 Å². The van der Waals surface area contributed by atoms with E-state index < -0.39 is 0 Å². The fraction of sp³-hybridized carbons (Fsp3) is 0.312. The summed E-state index contributed by atoms with van der Waals surface area (Å²) in [5.41, 5.74) is 3.06. The Bertz CT molecular complexity index is 616. The molecule has 1 unspecified atom stereocenters. The molecule has 1 aromatic heterocycles. The third-order valence-corrected chi connectivity index (χ3v) is 4.36. The van der Waals surface area contributed by atoms with Crippen molar-refractivity contribution in [3.8, 4) is 0 Å². The number of hydrogen-bond donors (Lipinski definition) is 1. The van der Waals surface area contributed by atoms with Crippen LogP contribution in [0.4, 0.5) is 5.69 Å². The van der Waals surface area contributed by atoms with E-state index in [4.69, 9.17) is 0 Å². The van der Waals surface area contributed by atoms with Crippen LogP contribution in [0.15, 0.2) is 41.8 Å². The third-order valence-electron chi connectivity index (χ3n) is 3.10. The Hall–Kier alpha value is -1.88. The van der Waals surface area contributed by atoms with Gasteiger partial charge < -0.3 is 5.32 Å². The average molecular weight is 301 g/mol. The minimum atomic E-state index is -0.202. The Morgan fingerprint density at radius 2 is 2.00 bits per heavy atom. The number of nitrogens with one attached hydrogen (secondary N) is 1. The molecular weight excluding hydrogens is 282 g/mol. The second kappa shape index (κ2) is 7.22. The van der Waals surface area contributed by atoms with Crippen LogP contribution in [0.2, 0.25) is 0 Å². The summed E-state index contributed by atoms with van der Waals surface area (Å²) in [6.45, 7) is 5.99. The summed E-state index contributed by atoms with van der Waals surface area (Å²) in [7, 11) is 0. The topological polar surface area (TPSA) is 54.9 Å². The van der Waals surface area contributed by atoms with E-state index in [0.29, 0.717) is 5.16 Å². The lowest BCUT2D eigenvalue weighted by molar-refractivity contribution is -0.115. The molecule has 2 aromatic rings. The molecule has 0 radical (unpaired) electrons. The fourth-order valence-electron chi connectivity index (χ4n) is 1.88. The molecule has 1 heterocycles. The van der Waals surface area contributed by atoms with Crippen LogP contribution in [0.3, 0.4) is 0 Å². The number of benzene rings is 1. The van der Waals surface area contributed by atoms with Gasteiger partial charge in [0.05, 0.1) is 5.25 Å². The van der Waals surface area contributed by atoms with Crippen LogP contribution in [0, 0.1) is 13.8 Å². The fourth-order valence-corrected chi connectivity index (χ4v) is 2.71. The first kappa shape index (κ1) is 15.5. The van der Waals surface area contributed by atoms with Crippen molar-refractivity contribution in [3.63, 3.8) is 0 Å². The third kappa shape index (κ3) is 4.29. The van der Waals surface area contributed by atoms with E-state index in [2.05, 4.69) is 15.3 Å². The zero-order valence-corrected chi connectivity index (χ0v) is 13.3. The minimum absolute atomic E-state index is 0.0105. The van der Waals surface area contributed by atoms with Crippen LogP contribution in [-0.4, -0.2) is 21.1 Å². The van der Waals surface area contributed by atoms with Gasteiger partial charge in [0, 0.05) is 18.1 Å². The predicted octanol–water partition coefficient (Wildman–Crippen LogP) is 3.60. The maximum Gasteiger partial charge on any atom is 0.237 e. The molecule has 1 amide bonds. The molecular formula is C16H19N3OS. The van der Waals surface area contributed by atoms with Gasteiger partial charge in [0.15, 0.2) is 5.16 Å². The minimum Gasteiger partial charge on any atom is -0.325 e. The highest BCUT2D eigenvalue weighted by molar-refractivity contribution is 8.00. The van der Waals surface area contributed by atoms with Crippen molar-refractivity contribution in [1.82, 2.24) is 9.97 Å². The van der Waals surface area contributed by atoms with Crippen LogP contribution >= 0.6 is 11.8 Å². The Kier molecular flexibility index (Phi) is 5.33. The van der Waals surface area contributed by atoms with Gasteiger partial charge in [0.2, 0.25) is 5.91 Å². The molecule has 0 fully saturated rings. The lowest BCUT2D eigenvalue weighted by Crippen LogP contribution is -2.25. The molecule has 110 valence electrons. The Balaban J connectivity index is 2.08. The maximum absolute atomic E-state index is 12.4. The number of amides is 1. The summed E-state index contributed by atoms with van der Waals surface area (Å²) in [4.78, 5) is 20.7. The smallest absolute Gasteiger partial charge is 0.237 e. The van der Waals surface area contributed by atoms with Crippen molar-refractivity contribution in [2.75, 3.05) is 5.32 Å². The molecule has 0 bridgehead atoms. The SMILES string of the molecule is CCC(Sc1ncccn1)C(=O)Nc1cc(C)ccc1C. The normalized spacial score (nSPS) is 12.0. The molecule has 21 heavy (non-hydrogen) atoms.